The number of alkyl halides is 3. The third-order valence-electron chi connectivity index (χ3n) is 2.42. The second kappa shape index (κ2) is 6.91. The van der Waals surface area contributed by atoms with Crippen molar-refractivity contribution in [1.29, 1.82) is 0 Å². The Kier molecular flexibility index (Phi) is 6.51. The lowest BCUT2D eigenvalue weighted by atomic mass is 10.0. The molecule has 1 aromatic rings. The van der Waals surface area contributed by atoms with Crippen molar-refractivity contribution in [3.05, 3.63) is 29.3 Å². The van der Waals surface area contributed by atoms with Crippen LogP contribution in [0.3, 0.4) is 0 Å². The minimum Gasteiger partial charge on any atom is -0.494 e. The number of ether oxygens (including phenoxy) is 1. The number of hydrogen-bond donors (Lipinski definition) is 1. The topological polar surface area (TPSA) is 35.2 Å². The first kappa shape index (κ1) is 17.9. The van der Waals surface area contributed by atoms with Gasteiger partial charge in [-0.2, -0.15) is 13.2 Å². The van der Waals surface area contributed by atoms with E-state index in [2.05, 4.69) is 4.74 Å². The largest absolute Gasteiger partial charge is 0.494 e. The van der Waals surface area contributed by atoms with Crippen LogP contribution in [0.2, 0.25) is 0 Å². The first-order chi connectivity index (χ1) is 8.26. The lowest BCUT2D eigenvalue weighted by Crippen LogP contribution is -2.18. The van der Waals surface area contributed by atoms with Gasteiger partial charge in [0.15, 0.2) is 11.6 Å². The molecule has 8 heteroatoms. The molecule has 0 amide bonds. The van der Waals surface area contributed by atoms with E-state index in [1.54, 1.807) is 0 Å². The molecule has 2 N–H and O–H groups in total. The molecule has 110 valence electrons. The molecule has 2 nitrogen and oxygen atoms in total. The summed E-state index contributed by atoms with van der Waals surface area (Å²) in [6.07, 6.45) is -6.21. The fraction of sp³-hybridized carbons (Fsp3) is 0.455. The Labute approximate surface area is 113 Å². The third-order valence-corrected chi connectivity index (χ3v) is 2.42. The highest BCUT2D eigenvalue weighted by Crippen LogP contribution is 2.31. The van der Waals surface area contributed by atoms with Crippen molar-refractivity contribution >= 4 is 12.4 Å². The number of nitrogens with two attached hydrogens (primary N) is 1. The van der Waals surface area contributed by atoms with E-state index in [4.69, 9.17) is 5.73 Å². The summed E-state index contributed by atoms with van der Waals surface area (Å²) in [4.78, 5) is 0. The standard InChI is InChI=1S/C11H12F5NO.ClH/c1-18-8-3-2-6(12)9(10(8)13)7(17)4-5-11(14,15)16;/h2-3,7H,4-5,17H2,1H3;1H/t7-;/m1./s1. The van der Waals surface area contributed by atoms with Gasteiger partial charge in [0.05, 0.1) is 7.11 Å². The number of rotatable bonds is 4. The monoisotopic (exact) mass is 305 g/mol. The molecule has 0 aliphatic rings. The van der Waals surface area contributed by atoms with Crippen molar-refractivity contribution in [2.45, 2.75) is 25.1 Å². The van der Waals surface area contributed by atoms with Gasteiger partial charge in [0.25, 0.3) is 0 Å². The molecule has 0 heterocycles. The zero-order valence-corrected chi connectivity index (χ0v) is 10.7. The first-order valence-electron chi connectivity index (χ1n) is 5.10. The molecule has 0 aliphatic heterocycles. The molecule has 19 heavy (non-hydrogen) atoms. The van der Waals surface area contributed by atoms with E-state index in [1.165, 1.54) is 7.11 Å². The van der Waals surface area contributed by atoms with Crippen LogP contribution in [-0.2, 0) is 0 Å². The van der Waals surface area contributed by atoms with Crippen LogP contribution in [0.5, 0.6) is 5.75 Å². The smallest absolute Gasteiger partial charge is 0.389 e. The Morgan fingerprint density at radius 1 is 1.26 bits per heavy atom. The fourth-order valence-electron chi connectivity index (χ4n) is 1.51. The van der Waals surface area contributed by atoms with E-state index in [-0.39, 0.29) is 18.2 Å². The molecular weight excluding hydrogens is 293 g/mol. The van der Waals surface area contributed by atoms with Crippen LogP contribution >= 0.6 is 12.4 Å². The van der Waals surface area contributed by atoms with Crippen molar-refractivity contribution in [2.75, 3.05) is 7.11 Å². The average molecular weight is 306 g/mol. The molecule has 0 saturated heterocycles. The lowest BCUT2D eigenvalue weighted by Gasteiger charge is -2.16. The van der Waals surface area contributed by atoms with Crippen LogP contribution in [-0.4, -0.2) is 13.3 Å². The van der Waals surface area contributed by atoms with Crippen LogP contribution in [0.15, 0.2) is 12.1 Å². The van der Waals surface area contributed by atoms with Gasteiger partial charge in [-0.15, -0.1) is 12.4 Å². The summed E-state index contributed by atoms with van der Waals surface area (Å²) in [5.41, 5.74) is 4.81. The highest BCUT2D eigenvalue weighted by atomic mass is 35.5. The van der Waals surface area contributed by atoms with Gasteiger partial charge in [0.2, 0.25) is 0 Å². The summed E-state index contributed by atoms with van der Waals surface area (Å²) in [7, 11) is 1.17. The van der Waals surface area contributed by atoms with E-state index in [0.29, 0.717) is 0 Å². The van der Waals surface area contributed by atoms with E-state index >= 15 is 0 Å². The summed E-state index contributed by atoms with van der Waals surface area (Å²) in [6.45, 7) is 0. The quantitative estimate of drug-likeness (QED) is 0.860. The van der Waals surface area contributed by atoms with E-state index in [0.717, 1.165) is 12.1 Å². The highest BCUT2D eigenvalue weighted by Gasteiger charge is 2.29. The molecule has 1 aromatic carbocycles. The Morgan fingerprint density at radius 2 is 1.84 bits per heavy atom. The zero-order valence-electron chi connectivity index (χ0n) is 9.93. The van der Waals surface area contributed by atoms with Gasteiger partial charge in [-0.05, 0) is 18.6 Å². The summed E-state index contributed by atoms with van der Waals surface area (Å²) in [5.74, 6) is -2.30. The van der Waals surface area contributed by atoms with Gasteiger partial charge in [0.1, 0.15) is 5.82 Å². The molecule has 0 radical (unpaired) electrons. The predicted octanol–water partition coefficient (Wildman–Crippen LogP) is 3.74. The van der Waals surface area contributed by atoms with Crippen molar-refractivity contribution in [1.82, 2.24) is 0 Å². The Bertz CT molecular complexity index is 424. The van der Waals surface area contributed by atoms with Gasteiger partial charge in [-0.1, -0.05) is 0 Å². The number of halogens is 6. The normalized spacial score (nSPS) is 12.8. The van der Waals surface area contributed by atoms with Gasteiger partial charge >= 0.3 is 6.18 Å². The first-order valence-corrected chi connectivity index (χ1v) is 5.10. The molecule has 1 rings (SSSR count). The summed E-state index contributed by atoms with van der Waals surface area (Å²) < 4.78 is 67.7. The van der Waals surface area contributed by atoms with Gasteiger partial charge < -0.3 is 10.5 Å². The van der Waals surface area contributed by atoms with Crippen LogP contribution in [0.25, 0.3) is 0 Å². The van der Waals surface area contributed by atoms with Crippen LogP contribution in [0.4, 0.5) is 22.0 Å². The van der Waals surface area contributed by atoms with Crippen LogP contribution < -0.4 is 10.5 Å². The van der Waals surface area contributed by atoms with Crippen molar-refractivity contribution in [3.8, 4) is 5.75 Å². The molecule has 0 fully saturated rings. The van der Waals surface area contributed by atoms with E-state index in [1.807, 2.05) is 0 Å². The van der Waals surface area contributed by atoms with Crippen molar-refractivity contribution in [2.24, 2.45) is 5.73 Å². The van der Waals surface area contributed by atoms with Gasteiger partial charge in [0, 0.05) is 18.0 Å². The summed E-state index contributed by atoms with van der Waals surface area (Å²) >= 11 is 0. The maximum atomic E-state index is 13.7. The molecule has 0 unspecified atom stereocenters. The Hall–Kier alpha value is -1.08. The maximum Gasteiger partial charge on any atom is 0.389 e. The molecule has 0 saturated carbocycles. The number of benzene rings is 1. The second-order valence-corrected chi connectivity index (χ2v) is 3.74. The van der Waals surface area contributed by atoms with E-state index < -0.39 is 42.3 Å². The average Bonchev–Trinajstić information content (AvgIpc) is 2.26. The molecular formula is C11H13ClF5NO. The van der Waals surface area contributed by atoms with Gasteiger partial charge in [-0.3, -0.25) is 0 Å². The molecule has 0 bridgehead atoms. The SMILES string of the molecule is COc1ccc(F)c([C@H](N)CCC(F)(F)F)c1F.Cl. The van der Waals surface area contributed by atoms with Crippen LogP contribution in [0.1, 0.15) is 24.4 Å². The van der Waals surface area contributed by atoms with Crippen molar-refractivity contribution < 1.29 is 26.7 Å². The van der Waals surface area contributed by atoms with Crippen LogP contribution in [0, 0.1) is 11.6 Å². The van der Waals surface area contributed by atoms with Gasteiger partial charge in [-0.25, -0.2) is 8.78 Å². The third kappa shape index (κ3) is 4.83. The second-order valence-electron chi connectivity index (χ2n) is 3.74. The predicted molar refractivity (Wildman–Crippen MR) is 62.4 cm³/mol. The summed E-state index contributed by atoms with van der Waals surface area (Å²) in [5, 5.41) is 0. The Balaban J connectivity index is 0.00000324. The summed E-state index contributed by atoms with van der Waals surface area (Å²) in [6, 6.07) is 0.580. The number of methoxy groups -OCH3 is 1. The molecule has 0 aromatic heterocycles. The Morgan fingerprint density at radius 3 is 2.32 bits per heavy atom. The van der Waals surface area contributed by atoms with Crippen molar-refractivity contribution in [3.63, 3.8) is 0 Å². The minimum atomic E-state index is -4.41. The molecule has 1 atom stereocenters. The van der Waals surface area contributed by atoms with E-state index in [9.17, 15) is 22.0 Å². The highest BCUT2D eigenvalue weighted by molar-refractivity contribution is 5.85. The minimum absolute atomic E-state index is 0. The number of hydrogen-bond acceptors (Lipinski definition) is 2. The lowest BCUT2D eigenvalue weighted by molar-refractivity contribution is -0.136. The fourth-order valence-corrected chi connectivity index (χ4v) is 1.51. The molecule has 0 spiro atoms. The zero-order chi connectivity index (χ0) is 13.9. The molecule has 0 aliphatic carbocycles. The maximum absolute atomic E-state index is 13.7.